The fourth-order valence-corrected chi connectivity index (χ4v) is 3.10. The monoisotopic (exact) mass is 327 g/mol. The molecule has 0 bridgehead atoms. The number of carbonyl (C=O) groups is 1. The van der Waals surface area contributed by atoms with Gasteiger partial charge in [-0.3, -0.25) is 4.79 Å². The van der Waals surface area contributed by atoms with Crippen molar-refractivity contribution in [2.45, 2.75) is 5.79 Å². The predicted octanol–water partition coefficient (Wildman–Crippen LogP) is 4.02. The second-order valence-electron chi connectivity index (χ2n) is 5.94. The van der Waals surface area contributed by atoms with E-state index in [4.69, 9.17) is 0 Å². The second-order valence-corrected chi connectivity index (χ2v) is 5.94. The fraction of sp³-hybridized carbons (Fsp3) is 0.0476. The molecule has 0 saturated heterocycles. The van der Waals surface area contributed by atoms with Gasteiger partial charge in [0.1, 0.15) is 0 Å². The number of aliphatic imine (C=N–C) groups is 1. The standard InChI is InChI=1S/C21H17N3O/c1-22-21(23-19-10-6-5-9-18(19)20(25)24-21)17-13-11-16(12-14-17)15-7-3-2-4-8-15/h2-14,23H,1H2,(H,24,25)/t21-/m1/s1. The molecule has 4 rings (SSSR count). The van der Waals surface area contributed by atoms with Crippen LogP contribution in [0, 0.1) is 0 Å². The van der Waals surface area contributed by atoms with Crippen molar-refractivity contribution in [1.29, 1.82) is 0 Å². The summed E-state index contributed by atoms with van der Waals surface area (Å²) in [5.74, 6) is -1.24. The fourth-order valence-electron chi connectivity index (χ4n) is 3.10. The number of benzene rings is 3. The molecule has 1 heterocycles. The highest BCUT2D eigenvalue weighted by Crippen LogP contribution is 2.33. The summed E-state index contributed by atoms with van der Waals surface area (Å²) >= 11 is 0. The maximum absolute atomic E-state index is 12.5. The number of nitrogens with one attached hydrogen (secondary N) is 2. The van der Waals surface area contributed by atoms with Crippen LogP contribution in [0.5, 0.6) is 0 Å². The highest BCUT2D eigenvalue weighted by molar-refractivity contribution is 6.02. The number of hydrogen-bond acceptors (Lipinski definition) is 3. The Labute approximate surface area is 146 Å². The summed E-state index contributed by atoms with van der Waals surface area (Å²) in [5.41, 5.74) is 4.41. The van der Waals surface area contributed by atoms with Gasteiger partial charge in [-0.05, 0) is 30.0 Å². The number of carbonyl (C=O) groups excluding carboxylic acids is 1. The third-order valence-corrected chi connectivity index (χ3v) is 4.43. The Morgan fingerprint density at radius 3 is 2.12 bits per heavy atom. The van der Waals surface area contributed by atoms with Crippen LogP contribution in [-0.2, 0) is 5.79 Å². The number of amides is 1. The molecule has 0 unspecified atom stereocenters. The Hall–Kier alpha value is -3.40. The van der Waals surface area contributed by atoms with E-state index in [0.29, 0.717) is 5.56 Å². The minimum absolute atomic E-state index is 0.172. The first kappa shape index (κ1) is 15.1. The van der Waals surface area contributed by atoms with Gasteiger partial charge in [0.15, 0.2) is 0 Å². The van der Waals surface area contributed by atoms with Gasteiger partial charge in [0, 0.05) is 5.56 Å². The zero-order valence-corrected chi connectivity index (χ0v) is 13.6. The third-order valence-electron chi connectivity index (χ3n) is 4.43. The van der Waals surface area contributed by atoms with Crippen molar-refractivity contribution in [3.8, 4) is 11.1 Å². The normalized spacial score (nSPS) is 18.6. The van der Waals surface area contributed by atoms with E-state index in [-0.39, 0.29) is 5.91 Å². The highest BCUT2D eigenvalue weighted by atomic mass is 16.2. The first-order valence-electron chi connectivity index (χ1n) is 8.05. The molecule has 2 N–H and O–H groups in total. The number of hydrogen-bond donors (Lipinski definition) is 2. The highest BCUT2D eigenvalue weighted by Gasteiger charge is 2.38. The maximum Gasteiger partial charge on any atom is 0.256 e. The zero-order valence-electron chi connectivity index (χ0n) is 13.6. The quantitative estimate of drug-likeness (QED) is 0.714. The van der Waals surface area contributed by atoms with Gasteiger partial charge in [0.05, 0.1) is 11.3 Å². The van der Waals surface area contributed by atoms with Crippen LogP contribution in [-0.4, -0.2) is 12.6 Å². The van der Waals surface area contributed by atoms with Gasteiger partial charge in [0.25, 0.3) is 5.91 Å². The molecule has 0 spiro atoms. The van der Waals surface area contributed by atoms with Crippen LogP contribution < -0.4 is 10.6 Å². The van der Waals surface area contributed by atoms with Crippen molar-refractivity contribution in [1.82, 2.24) is 5.32 Å². The molecule has 0 aromatic heterocycles. The molecule has 4 heteroatoms. The maximum atomic E-state index is 12.5. The van der Waals surface area contributed by atoms with Crippen LogP contribution in [0.2, 0.25) is 0 Å². The molecule has 1 amide bonds. The Morgan fingerprint density at radius 1 is 0.760 bits per heavy atom. The number of fused-ring (bicyclic) bond motifs is 1. The Balaban J connectivity index is 1.73. The third kappa shape index (κ3) is 2.58. The lowest BCUT2D eigenvalue weighted by molar-refractivity contribution is 0.0902. The smallest absolute Gasteiger partial charge is 0.256 e. The minimum atomic E-state index is -1.07. The van der Waals surface area contributed by atoms with Gasteiger partial charge in [-0.15, -0.1) is 0 Å². The summed E-state index contributed by atoms with van der Waals surface area (Å²) in [7, 11) is 0. The first-order valence-corrected chi connectivity index (χ1v) is 8.05. The average Bonchev–Trinajstić information content (AvgIpc) is 2.69. The predicted molar refractivity (Wildman–Crippen MR) is 101 cm³/mol. The van der Waals surface area contributed by atoms with Crippen molar-refractivity contribution in [3.63, 3.8) is 0 Å². The second kappa shape index (κ2) is 5.91. The Morgan fingerprint density at radius 2 is 1.40 bits per heavy atom. The zero-order chi connectivity index (χ0) is 17.3. The van der Waals surface area contributed by atoms with Gasteiger partial charge >= 0.3 is 0 Å². The van der Waals surface area contributed by atoms with E-state index in [0.717, 1.165) is 22.4 Å². The SMILES string of the molecule is C=N[C@@]1(c2ccc(-c3ccccc3)cc2)NC(=O)c2ccccc2N1. The Bertz CT molecular complexity index is 935. The molecule has 1 atom stereocenters. The number of nitrogens with zero attached hydrogens (tertiary/aromatic N) is 1. The molecule has 1 aliphatic rings. The lowest BCUT2D eigenvalue weighted by Crippen LogP contribution is -2.53. The molecular formula is C21H17N3O. The molecule has 0 fully saturated rings. The van der Waals surface area contributed by atoms with Crippen LogP contribution >= 0.6 is 0 Å². The van der Waals surface area contributed by atoms with E-state index in [2.05, 4.69) is 34.5 Å². The summed E-state index contributed by atoms with van der Waals surface area (Å²) in [4.78, 5) is 16.7. The van der Waals surface area contributed by atoms with E-state index >= 15 is 0 Å². The number of para-hydroxylation sites is 1. The van der Waals surface area contributed by atoms with Crippen LogP contribution in [0.25, 0.3) is 11.1 Å². The van der Waals surface area contributed by atoms with Crippen LogP contribution in [0.4, 0.5) is 5.69 Å². The van der Waals surface area contributed by atoms with E-state index in [1.807, 2.05) is 60.7 Å². The lowest BCUT2D eigenvalue weighted by Gasteiger charge is -2.37. The van der Waals surface area contributed by atoms with Crippen LogP contribution in [0.3, 0.4) is 0 Å². The molecule has 3 aromatic rings. The minimum Gasteiger partial charge on any atom is -0.340 e. The van der Waals surface area contributed by atoms with Crippen LogP contribution in [0.15, 0.2) is 83.9 Å². The molecular weight excluding hydrogens is 310 g/mol. The lowest BCUT2D eigenvalue weighted by atomic mass is 9.98. The van der Waals surface area contributed by atoms with Crippen molar-refractivity contribution in [3.05, 3.63) is 90.0 Å². The molecule has 1 aliphatic heterocycles. The molecule has 3 aromatic carbocycles. The summed E-state index contributed by atoms with van der Waals surface area (Å²) < 4.78 is 0. The molecule has 0 aliphatic carbocycles. The van der Waals surface area contributed by atoms with Crippen molar-refractivity contribution >= 4 is 18.3 Å². The van der Waals surface area contributed by atoms with E-state index in [9.17, 15) is 4.79 Å². The van der Waals surface area contributed by atoms with E-state index in [1.54, 1.807) is 6.07 Å². The largest absolute Gasteiger partial charge is 0.340 e. The summed E-state index contributed by atoms with van der Waals surface area (Å²) in [6.07, 6.45) is 0. The topological polar surface area (TPSA) is 53.5 Å². The van der Waals surface area contributed by atoms with Gasteiger partial charge in [-0.25, -0.2) is 4.99 Å². The molecule has 0 radical (unpaired) electrons. The summed E-state index contributed by atoms with van der Waals surface area (Å²) in [5, 5.41) is 6.24. The first-order chi connectivity index (χ1) is 12.2. The van der Waals surface area contributed by atoms with Crippen molar-refractivity contribution in [2.75, 3.05) is 5.32 Å². The van der Waals surface area contributed by atoms with Crippen LogP contribution in [0.1, 0.15) is 15.9 Å². The molecule has 25 heavy (non-hydrogen) atoms. The summed E-state index contributed by atoms with van der Waals surface area (Å²) in [6.45, 7) is 3.69. The van der Waals surface area contributed by atoms with Crippen molar-refractivity contribution < 1.29 is 4.79 Å². The van der Waals surface area contributed by atoms with Gasteiger partial charge in [-0.2, -0.15) is 0 Å². The van der Waals surface area contributed by atoms with E-state index < -0.39 is 5.79 Å². The average molecular weight is 327 g/mol. The molecule has 122 valence electrons. The number of rotatable bonds is 3. The molecule has 4 nitrogen and oxygen atoms in total. The Kier molecular flexibility index (Phi) is 3.58. The van der Waals surface area contributed by atoms with Gasteiger partial charge in [-0.1, -0.05) is 66.7 Å². The summed E-state index contributed by atoms with van der Waals surface area (Å²) in [6, 6.07) is 25.5. The van der Waals surface area contributed by atoms with Gasteiger partial charge in [0.2, 0.25) is 5.79 Å². The van der Waals surface area contributed by atoms with E-state index in [1.165, 1.54) is 0 Å². The van der Waals surface area contributed by atoms with Gasteiger partial charge < -0.3 is 10.6 Å². The molecule has 0 saturated carbocycles. The van der Waals surface area contributed by atoms with Crippen molar-refractivity contribution in [2.24, 2.45) is 4.99 Å². The number of anilines is 1.